The lowest BCUT2D eigenvalue weighted by atomic mass is 10.1. The second-order valence-electron chi connectivity index (χ2n) is 4.09. The molecule has 1 heterocycles. The molecule has 0 nitrogen and oxygen atoms in total. The molecule has 1 atom stereocenters. The molecule has 0 amide bonds. The molecule has 5 heteroatoms. The fraction of sp³-hybridized carbons (Fsp3) is 0.231. The molecule has 0 aliphatic carbocycles. The molecule has 0 aliphatic rings. The summed E-state index contributed by atoms with van der Waals surface area (Å²) >= 11 is 11.1. The van der Waals surface area contributed by atoms with Gasteiger partial charge in [-0.1, -0.05) is 0 Å². The maximum atomic E-state index is 13.7. The van der Waals surface area contributed by atoms with Gasteiger partial charge in [0.15, 0.2) is 0 Å². The van der Waals surface area contributed by atoms with Gasteiger partial charge in [-0.15, -0.1) is 22.9 Å². The summed E-state index contributed by atoms with van der Waals surface area (Å²) in [6.07, 6.45) is 0. The molecule has 2 aromatic rings. The number of hydrogen-bond donors (Lipinski definition) is 0. The van der Waals surface area contributed by atoms with Crippen LogP contribution in [0.4, 0.5) is 8.78 Å². The first-order valence-electron chi connectivity index (χ1n) is 5.25. The van der Waals surface area contributed by atoms with E-state index in [9.17, 15) is 8.78 Å². The quantitative estimate of drug-likeness (QED) is 0.606. The second-order valence-corrected chi connectivity index (χ2v) is 6.93. The zero-order chi connectivity index (χ0) is 13.4. The van der Waals surface area contributed by atoms with Crippen molar-refractivity contribution in [2.45, 2.75) is 19.2 Å². The molecule has 0 radical (unpaired) electrons. The molecule has 2 rings (SSSR count). The highest BCUT2D eigenvalue weighted by atomic mass is 79.9. The van der Waals surface area contributed by atoms with Crippen LogP contribution in [0.25, 0.3) is 0 Å². The van der Waals surface area contributed by atoms with Crippen LogP contribution in [0.5, 0.6) is 0 Å². The minimum absolute atomic E-state index is 0.310. The molecule has 1 unspecified atom stereocenters. The van der Waals surface area contributed by atoms with E-state index in [1.807, 2.05) is 13.0 Å². The van der Waals surface area contributed by atoms with E-state index < -0.39 is 17.0 Å². The molecule has 0 bridgehead atoms. The number of thiophene rings is 1. The first-order valence-corrected chi connectivity index (χ1v) is 7.30. The van der Waals surface area contributed by atoms with Gasteiger partial charge in [0, 0.05) is 16.5 Å². The summed E-state index contributed by atoms with van der Waals surface area (Å²) in [4.78, 5) is 0.839. The minimum atomic E-state index is -0.611. The van der Waals surface area contributed by atoms with Crippen LogP contribution in [0.1, 0.15) is 26.9 Å². The van der Waals surface area contributed by atoms with Gasteiger partial charge in [0.2, 0.25) is 0 Å². The lowest BCUT2D eigenvalue weighted by molar-refractivity contribution is 0.568. The van der Waals surface area contributed by atoms with Gasteiger partial charge in [-0.05, 0) is 53.0 Å². The van der Waals surface area contributed by atoms with Crippen molar-refractivity contribution in [1.82, 2.24) is 0 Å². The molecule has 0 aliphatic heterocycles. The summed E-state index contributed by atoms with van der Waals surface area (Å²) in [5.74, 6) is -1.16. The van der Waals surface area contributed by atoms with Crippen molar-refractivity contribution < 1.29 is 8.78 Å². The number of hydrogen-bond acceptors (Lipinski definition) is 1. The monoisotopic (exact) mass is 350 g/mol. The predicted octanol–water partition coefficient (Wildman–Crippen LogP) is 5.73. The summed E-state index contributed by atoms with van der Waals surface area (Å²) in [5.41, 5.74) is 1.76. The van der Waals surface area contributed by atoms with Crippen LogP contribution in [0.3, 0.4) is 0 Å². The Hall–Kier alpha value is -0.450. The van der Waals surface area contributed by atoms with Crippen molar-refractivity contribution in [3.63, 3.8) is 0 Å². The fourth-order valence-electron chi connectivity index (χ4n) is 1.64. The number of aryl methyl sites for hydroxylation is 2. The van der Waals surface area contributed by atoms with Crippen LogP contribution in [-0.4, -0.2) is 0 Å². The van der Waals surface area contributed by atoms with Gasteiger partial charge in [0.1, 0.15) is 11.6 Å². The van der Waals surface area contributed by atoms with Gasteiger partial charge >= 0.3 is 0 Å². The highest BCUT2D eigenvalue weighted by Crippen LogP contribution is 2.39. The third-order valence-electron chi connectivity index (χ3n) is 2.68. The smallest absolute Gasteiger partial charge is 0.131 e. The van der Waals surface area contributed by atoms with E-state index in [1.54, 1.807) is 6.92 Å². The summed E-state index contributed by atoms with van der Waals surface area (Å²) < 4.78 is 27.9. The molecule has 0 saturated heterocycles. The topological polar surface area (TPSA) is 0 Å². The highest BCUT2D eigenvalue weighted by molar-refractivity contribution is 9.11. The van der Waals surface area contributed by atoms with Gasteiger partial charge in [0.05, 0.1) is 9.16 Å². The van der Waals surface area contributed by atoms with Crippen molar-refractivity contribution >= 4 is 38.9 Å². The lowest BCUT2D eigenvalue weighted by Crippen LogP contribution is -1.98. The normalized spacial score (nSPS) is 12.8. The summed E-state index contributed by atoms with van der Waals surface area (Å²) in [6.45, 7) is 3.54. The van der Waals surface area contributed by atoms with Crippen molar-refractivity contribution in [1.29, 1.82) is 0 Å². The first kappa shape index (κ1) is 14.0. The van der Waals surface area contributed by atoms with Crippen molar-refractivity contribution in [3.05, 3.63) is 55.2 Å². The van der Waals surface area contributed by atoms with Crippen LogP contribution >= 0.6 is 38.9 Å². The van der Waals surface area contributed by atoms with Gasteiger partial charge in [-0.3, -0.25) is 0 Å². The molecule has 0 fully saturated rings. The standard InChI is InChI=1S/C13H10BrClF2S/c1-6-3-8(10(17)5-9(6)16)12(15)11-4-7(2)13(14)18-11/h3-5,12H,1-2H3. The Balaban J connectivity index is 2.45. The van der Waals surface area contributed by atoms with Gasteiger partial charge < -0.3 is 0 Å². The average molecular weight is 352 g/mol. The Bertz CT molecular complexity index is 575. The Morgan fingerprint density at radius 3 is 2.33 bits per heavy atom. The van der Waals surface area contributed by atoms with E-state index >= 15 is 0 Å². The third-order valence-corrected chi connectivity index (χ3v) is 5.48. The molecule has 1 aromatic heterocycles. The van der Waals surface area contributed by atoms with E-state index in [0.29, 0.717) is 11.1 Å². The number of rotatable bonds is 2. The molecule has 0 spiro atoms. The fourth-order valence-corrected chi connectivity index (χ4v) is 3.57. The molecule has 1 aromatic carbocycles. The van der Waals surface area contributed by atoms with Crippen LogP contribution < -0.4 is 0 Å². The molecule has 0 N–H and O–H groups in total. The summed E-state index contributed by atoms with van der Waals surface area (Å²) in [7, 11) is 0. The van der Waals surface area contributed by atoms with Crippen LogP contribution in [-0.2, 0) is 0 Å². The number of halogens is 4. The summed E-state index contributed by atoms with van der Waals surface area (Å²) in [5, 5.41) is -0.598. The average Bonchev–Trinajstić information content (AvgIpc) is 2.63. The lowest BCUT2D eigenvalue weighted by Gasteiger charge is -2.10. The Kier molecular flexibility index (Phi) is 4.09. The summed E-state index contributed by atoms with van der Waals surface area (Å²) in [6, 6.07) is 4.26. The van der Waals surface area contributed by atoms with E-state index in [2.05, 4.69) is 15.9 Å². The first-order chi connectivity index (χ1) is 8.40. The largest absolute Gasteiger partial charge is 0.207 e. The molecular formula is C13H10BrClF2S. The van der Waals surface area contributed by atoms with E-state index in [-0.39, 0.29) is 0 Å². The molecule has 18 heavy (non-hydrogen) atoms. The van der Waals surface area contributed by atoms with Gasteiger partial charge in [-0.25, -0.2) is 8.78 Å². The maximum Gasteiger partial charge on any atom is 0.131 e. The van der Waals surface area contributed by atoms with Crippen molar-refractivity contribution in [2.75, 3.05) is 0 Å². The minimum Gasteiger partial charge on any atom is -0.207 e. The Labute approximate surface area is 122 Å². The zero-order valence-corrected chi connectivity index (χ0v) is 12.9. The van der Waals surface area contributed by atoms with Gasteiger partial charge in [-0.2, -0.15) is 0 Å². The second kappa shape index (κ2) is 5.27. The van der Waals surface area contributed by atoms with E-state index in [1.165, 1.54) is 17.4 Å². The molecule has 96 valence electrons. The van der Waals surface area contributed by atoms with Crippen LogP contribution in [0.2, 0.25) is 0 Å². The van der Waals surface area contributed by atoms with Crippen molar-refractivity contribution in [3.8, 4) is 0 Å². The zero-order valence-electron chi connectivity index (χ0n) is 9.73. The van der Waals surface area contributed by atoms with Gasteiger partial charge in [0.25, 0.3) is 0 Å². The predicted molar refractivity (Wildman–Crippen MR) is 75.5 cm³/mol. The number of alkyl halides is 1. The number of benzene rings is 1. The van der Waals surface area contributed by atoms with E-state index in [4.69, 9.17) is 11.6 Å². The third kappa shape index (κ3) is 2.60. The highest BCUT2D eigenvalue weighted by Gasteiger charge is 2.19. The maximum absolute atomic E-state index is 13.7. The SMILES string of the molecule is Cc1cc(C(Cl)c2cc(C)c(Br)s2)c(F)cc1F. The van der Waals surface area contributed by atoms with Crippen LogP contribution in [0, 0.1) is 25.5 Å². The Morgan fingerprint density at radius 2 is 1.78 bits per heavy atom. The van der Waals surface area contributed by atoms with E-state index in [0.717, 1.165) is 20.3 Å². The van der Waals surface area contributed by atoms with Crippen LogP contribution in [0.15, 0.2) is 22.0 Å². The molecule has 0 saturated carbocycles. The molecular weight excluding hydrogens is 342 g/mol. The Morgan fingerprint density at radius 1 is 1.11 bits per heavy atom. The van der Waals surface area contributed by atoms with Crippen molar-refractivity contribution in [2.24, 2.45) is 0 Å².